The number of nitrogens with one attached hydrogen (secondary N) is 1. The van der Waals surface area contributed by atoms with E-state index in [0.717, 1.165) is 17.2 Å². The van der Waals surface area contributed by atoms with Crippen LogP contribution in [-0.2, 0) is 10.3 Å². The van der Waals surface area contributed by atoms with E-state index >= 15 is 0 Å². The average Bonchev–Trinajstić information content (AvgIpc) is 3.12. The quantitative estimate of drug-likeness (QED) is 0.650. The summed E-state index contributed by atoms with van der Waals surface area (Å²) in [6.07, 6.45) is 2.52. The molecule has 140 valence electrons. The van der Waals surface area contributed by atoms with E-state index in [1.54, 1.807) is 44.4 Å². The number of rotatable bonds is 5. The van der Waals surface area contributed by atoms with Crippen LogP contribution in [0.15, 0.2) is 45.9 Å². The largest absolute Gasteiger partial charge is 0.497 e. The number of ether oxygens (including phenoxy) is 1. The first kappa shape index (κ1) is 17.3. The van der Waals surface area contributed by atoms with Crippen LogP contribution in [0, 0.1) is 5.92 Å². The second-order valence-corrected chi connectivity index (χ2v) is 7.21. The van der Waals surface area contributed by atoms with Gasteiger partial charge in [0.15, 0.2) is 0 Å². The smallest absolute Gasteiger partial charge is 0.346 e. The molecule has 3 atom stereocenters. The highest BCUT2D eigenvalue weighted by molar-refractivity contribution is 6.07. The molecule has 7 heteroatoms. The molecule has 4 rings (SSSR count). The molecule has 27 heavy (non-hydrogen) atoms. The predicted molar refractivity (Wildman–Crippen MR) is 98.5 cm³/mol. The van der Waals surface area contributed by atoms with E-state index in [1.807, 2.05) is 6.07 Å². The van der Waals surface area contributed by atoms with Gasteiger partial charge in [-0.2, -0.15) is 5.10 Å². The molecule has 0 bridgehead atoms. The number of hydrazone groups is 1. The van der Waals surface area contributed by atoms with Crippen molar-refractivity contribution >= 4 is 18.2 Å². The molecule has 0 radical (unpaired) electrons. The van der Waals surface area contributed by atoms with E-state index in [9.17, 15) is 9.59 Å². The molecular formula is C20H21N3O4. The Balaban J connectivity index is 1.54. The van der Waals surface area contributed by atoms with E-state index in [1.165, 1.54) is 6.21 Å². The van der Waals surface area contributed by atoms with Gasteiger partial charge in [0.2, 0.25) is 0 Å². The van der Waals surface area contributed by atoms with Crippen LogP contribution in [0.1, 0.15) is 43.3 Å². The lowest BCUT2D eigenvalue weighted by Gasteiger charge is -2.21. The second kappa shape index (κ2) is 6.26. The zero-order valence-corrected chi connectivity index (χ0v) is 15.4. The van der Waals surface area contributed by atoms with Gasteiger partial charge in [-0.1, -0.05) is 19.1 Å². The van der Waals surface area contributed by atoms with Gasteiger partial charge >= 0.3 is 6.03 Å². The number of hydrogen-bond acceptors (Lipinski definition) is 5. The van der Waals surface area contributed by atoms with E-state index in [2.05, 4.69) is 17.3 Å². The molecule has 7 nitrogen and oxygen atoms in total. The molecule has 1 saturated carbocycles. The summed E-state index contributed by atoms with van der Waals surface area (Å²) in [4.78, 5) is 25.2. The van der Waals surface area contributed by atoms with Crippen LogP contribution in [0.2, 0.25) is 0 Å². The van der Waals surface area contributed by atoms with Crippen LogP contribution in [0.5, 0.6) is 5.75 Å². The maximum absolute atomic E-state index is 12.9. The van der Waals surface area contributed by atoms with Crippen molar-refractivity contribution in [2.75, 3.05) is 7.11 Å². The summed E-state index contributed by atoms with van der Waals surface area (Å²) in [5.74, 6) is 2.67. The minimum Gasteiger partial charge on any atom is -0.497 e. The number of nitrogens with zero attached hydrogens (tertiary/aromatic N) is 2. The SMILES string of the molecule is COc1cccc([C@@]2(C)NC(=O)N(/N=C\c3ccc([C@H]4C[C@@H]4C)o3)C2=O)c1. The number of hydrogen-bond donors (Lipinski definition) is 1. The summed E-state index contributed by atoms with van der Waals surface area (Å²) < 4.78 is 10.9. The molecule has 1 saturated heterocycles. The van der Waals surface area contributed by atoms with E-state index in [0.29, 0.717) is 28.9 Å². The molecule has 1 aromatic heterocycles. The number of amides is 3. The first-order valence-corrected chi connectivity index (χ1v) is 8.87. The third-order valence-corrected chi connectivity index (χ3v) is 5.24. The van der Waals surface area contributed by atoms with Crippen molar-refractivity contribution in [1.29, 1.82) is 0 Å². The van der Waals surface area contributed by atoms with Crippen LogP contribution >= 0.6 is 0 Å². The van der Waals surface area contributed by atoms with Crippen molar-refractivity contribution in [3.63, 3.8) is 0 Å². The van der Waals surface area contributed by atoms with Crippen molar-refractivity contribution in [3.05, 3.63) is 53.5 Å². The number of urea groups is 1. The first-order chi connectivity index (χ1) is 12.9. The Bertz CT molecular complexity index is 935. The molecule has 0 spiro atoms. The zero-order chi connectivity index (χ0) is 19.2. The van der Waals surface area contributed by atoms with E-state index in [4.69, 9.17) is 9.15 Å². The lowest BCUT2D eigenvalue weighted by molar-refractivity contribution is -0.131. The highest BCUT2D eigenvalue weighted by Crippen LogP contribution is 2.47. The number of carbonyl (C=O) groups excluding carboxylic acids is 2. The lowest BCUT2D eigenvalue weighted by Crippen LogP contribution is -2.40. The van der Waals surface area contributed by atoms with Gasteiger partial charge in [-0.15, -0.1) is 5.01 Å². The van der Waals surface area contributed by atoms with Gasteiger partial charge in [0.1, 0.15) is 22.8 Å². The highest BCUT2D eigenvalue weighted by Gasteiger charge is 2.49. The standard InChI is InChI=1S/C20H21N3O4/c1-12-9-16(12)17-8-7-15(27-17)11-21-23-18(24)20(2,22-19(23)25)13-5-4-6-14(10-13)26-3/h4-8,10-12,16H,9H2,1-3H3,(H,22,25)/b21-11-/t12-,16-,20+/m0/s1. The van der Waals surface area contributed by atoms with Gasteiger partial charge in [0, 0.05) is 5.92 Å². The molecule has 2 aliphatic rings. The first-order valence-electron chi connectivity index (χ1n) is 8.87. The number of benzene rings is 1. The van der Waals surface area contributed by atoms with Crippen LogP contribution in [0.3, 0.4) is 0 Å². The minimum absolute atomic E-state index is 0.459. The summed E-state index contributed by atoms with van der Waals surface area (Å²) in [5.41, 5.74) is -0.582. The number of methoxy groups -OCH3 is 1. The maximum atomic E-state index is 12.9. The van der Waals surface area contributed by atoms with Crippen LogP contribution < -0.4 is 10.1 Å². The Hall–Kier alpha value is -3.09. The predicted octanol–water partition coefficient (Wildman–Crippen LogP) is 3.21. The maximum Gasteiger partial charge on any atom is 0.346 e. The number of carbonyl (C=O) groups is 2. The van der Waals surface area contributed by atoms with Crippen LogP contribution in [0.4, 0.5) is 4.79 Å². The topological polar surface area (TPSA) is 84.1 Å². The van der Waals surface area contributed by atoms with Crippen molar-refractivity contribution in [2.45, 2.75) is 31.7 Å². The third-order valence-electron chi connectivity index (χ3n) is 5.24. The zero-order valence-electron chi connectivity index (χ0n) is 15.4. The summed E-state index contributed by atoms with van der Waals surface area (Å²) in [7, 11) is 1.55. The van der Waals surface area contributed by atoms with Crippen molar-refractivity contribution < 1.29 is 18.7 Å². The molecule has 3 amide bonds. The molecular weight excluding hydrogens is 346 g/mol. The Morgan fingerprint density at radius 2 is 2.11 bits per heavy atom. The van der Waals surface area contributed by atoms with Crippen LogP contribution in [0.25, 0.3) is 0 Å². The van der Waals surface area contributed by atoms with E-state index in [-0.39, 0.29) is 0 Å². The Labute approximate surface area is 157 Å². The molecule has 2 heterocycles. The fourth-order valence-corrected chi connectivity index (χ4v) is 3.33. The Morgan fingerprint density at radius 3 is 2.81 bits per heavy atom. The molecule has 2 aromatic rings. The van der Waals surface area contributed by atoms with Gasteiger partial charge in [-0.05, 0) is 49.1 Å². The molecule has 1 aliphatic heterocycles. The Kier molecular flexibility index (Phi) is 4.02. The van der Waals surface area contributed by atoms with Gasteiger partial charge < -0.3 is 14.5 Å². The normalized spacial score (nSPS) is 27.3. The monoisotopic (exact) mass is 367 g/mol. The fourth-order valence-electron chi connectivity index (χ4n) is 3.33. The summed E-state index contributed by atoms with van der Waals surface area (Å²) in [6.45, 7) is 3.82. The molecule has 1 aromatic carbocycles. The van der Waals surface area contributed by atoms with Crippen LogP contribution in [-0.4, -0.2) is 30.3 Å². The molecule has 1 aliphatic carbocycles. The molecule has 1 N–H and O–H groups in total. The fraction of sp³-hybridized carbons (Fsp3) is 0.350. The second-order valence-electron chi connectivity index (χ2n) is 7.21. The van der Waals surface area contributed by atoms with Gasteiger partial charge in [0.25, 0.3) is 5.91 Å². The summed E-state index contributed by atoms with van der Waals surface area (Å²) in [5, 5.41) is 7.60. The number of imide groups is 1. The molecule has 2 fully saturated rings. The van der Waals surface area contributed by atoms with Gasteiger partial charge in [-0.25, -0.2) is 4.79 Å². The van der Waals surface area contributed by atoms with Gasteiger partial charge in [-0.3, -0.25) is 4.79 Å². The summed E-state index contributed by atoms with van der Waals surface area (Å²) >= 11 is 0. The third kappa shape index (κ3) is 2.99. The number of furan rings is 1. The average molecular weight is 367 g/mol. The summed E-state index contributed by atoms with van der Waals surface area (Å²) in [6, 6.07) is 10.2. The van der Waals surface area contributed by atoms with E-state index < -0.39 is 17.5 Å². The lowest BCUT2D eigenvalue weighted by atomic mass is 9.92. The van der Waals surface area contributed by atoms with Crippen molar-refractivity contribution in [2.24, 2.45) is 11.0 Å². The Morgan fingerprint density at radius 1 is 1.33 bits per heavy atom. The minimum atomic E-state index is -1.21. The van der Waals surface area contributed by atoms with Crippen molar-refractivity contribution in [1.82, 2.24) is 10.3 Å². The molecule has 0 unspecified atom stereocenters. The van der Waals surface area contributed by atoms with Gasteiger partial charge in [0.05, 0.1) is 13.3 Å². The highest BCUT2D eigenvalue weighted by atomic mass is 16.5. The van der Waals surface area contributed by atoms with Crippen molar-refractivity contribution in [3.8, 4) is 5.75 Å².